The minimum atomic E-state index is -1.01. The van der Waals surface area contributed by atoms with Gasteiger partial charge in [-0.2, -0.15) is 0 Å². The van der Waals surface area contributed by atoms with E-state index in [-0.39, 0.29) is 11.3 Å². The van der Waals surface area contributed by atoms with E-state index in [4.69, 9.17) is 18.9 Å². The number of anilines is 1. The summed E-state index contributed by atoms with van der Waals surface area (Å²) in [7, 11) is 4.37. The molecule has 0 unspecified atom stereocenters. The molecule has 2 rings (SSSR count). The summed E-state index contributed by atoms with van der Waals surface area (Å²) >= 11 is 0. The summed E-state index contributed by atoms with van der Waals surface area (Å²) < 4.78 is 21.0. The lowest BCUT2D eigenvalue weighted by molar-refractivity contribution is -0.123. The lowest BCUT2D eigenvalue weighted by atomic mass is 10.0. The molecule has 1 N–H and O–H groups in total. The van der Waals surface area contributed by atoms with Crippen LogP contribution in [0.15, 0.2) is 36.4 Å². The van der Waals surface area contributed by atoms with Crippen LogP contribution in [-0.2, 0) is 9.53 Å². The van der Waals surface area contributed by atoms with Gasteiger partial charge in [-0.3, -0.25) is 4.79 Å². The normalized spacial score (nSPS) is 11.6. The van der Waals surface area contributed by atoms with Crippen LogP contribution in [0.1, 0.15) is 42.6 Å². The van der Waals surface area contributed by atoms with Crippen LogP contribution in [0.2, 0.25) is 0 Å². The van der Waals surface area contributed by atoms with Crippen LogP contribution in [0, 0.1) is 0 Å². The summed E-state index contributed by atoms with van der Waals surface area (Å²) in [5.41, 5.74) is 1.93. The van der Waals surface area contributed by atoms with Gasteiger partial charge in [-0.05, 0) is 30.5 Å². The smallest absolute Gasteiger partial charge is 0.342 e. The van der Waals surface area contributed by atoms with Crippen molar-refractivity contribution >= 4 is 17.6 Å². The molecule has 0 spiro atoms. The first-order valence-electron chi connectivity index (χ1n) is 9.22. The molecule has 0 aromatic heterocycles. The van der Waals surface area contributed by atoms with Gasteiger partial charge in [-0.25, -0.2) is 4.79 Å². The second-order valence-electron chi connectivity index (χ2n) is 6.72. The van der Waals surface area contributed by atoms with Crippen molar-refractivity contribution in [2.45, 2.75) is 32.8 Å². The van der Waals surface area contributed by atoms with Crippen LogP contribution < -0.4 is 19.5 Å². The second-order valence-corrected chi connectivity index (χ2v) is 6.72. The highest BCUT2D eigenvalue weighted by Gasteiger charge is 2.23. The number of carbonyl (C=O) groups is 2. The average molecular weight is 401 g/mol. The summed E-state index contributed by atoms with van der Waals surface area (Å²) in [5.74, 6) is 0.274. The van der Waals surface area contributed by atoms with Crippen LogP contribution >= 0.6 is 0 Å². The number of methoxy groups -OCH3 is 3. The highest BCUT2D eigenvalue weighted by atomic mass is 16.6. The number of esters is 1. The number of hydrogen-bond acceptors (Lipinski definition) is 6. The predicted octanol–water partition coefficient (Wildman–Crippen LogP) is 4.02. The van der Waals surface area contributed by atoms with E-state index in [9.17, 15) is 9.59 Å². The Morgan fingerprint density at radius 1 is 0.828 bits per heavy atom. The fourth-order valence-corrected chi connectivity index (χ4v) is 2.66. The number of rotatable bonds is 8. The van der Waals surface area contributed by atoms with E-state index in [0.29, 0.717) is 23.1 Å². The van der Waals surface area contributed by atoms with Gasteiger partial charge in [-0.15, -0.1) is 0 Å². The lowest BCUT2D eigenvalue weighted by Gasteiger charge is -2.16. The minimum Gasteiger partial charge on any atom is -0.496 e. The standard InChI is InChI=1S/C22H27NO6/c1-13(2)15-7-9-16(10-8-15)23-21(24)14(3)29-22(25)17-11-19(27-5)20(28-6)12-18(17)26-4/h7-14H,1-6H3,(H,23,24)/t14-/m0/s1. The first-order chi connectivity index (χ1) is 13.8. The molecule has 156 valence electrons. The quantitative estimate of drug-likeness (QED) is 0.673. The second kappa shape index (κ2) is 9.82. The van der Waals surface area contributed by atoms with Crippen molar-refractivity contribution in [1.82, 2.24) is 0 Å². The van der Waals surface area contributed by atoms with Gasteiger partial charge in [0.1, 0.15) is 11.3 Å². The van der Waals surface area contributed by atoms with Crippen molar-refractivity contribution < 1.29 is 28.5 Å². The summed E-state index contributed by atoms with van der Waals surface area (Å²) in [4.78, 5) is 25.0. The molecule has 0 aliphatic heterocycles. The van der Waals surface area contributed by atoms with E-state index >= 15 is 0 Å². The Morgan fingerprint density at radius 3 is 1.90 bits per heavy atom. The SMILES string of the molecule is COc1cc(OC)c(C(=O)O[C@@H](C)C(=O)Nc2ccc(C(C)C)cc2)cc1OC. The van der Waals surface area contributed by atoms with Gasteiger partial charge in [0, 0.05) is 17.8 Å². The molecule has 0 radical (unpaired) electrons. The van der Waals surface area contributed by atoms with Gasteiger partial charge < -0.3 is 24.3 Å². The number of carbonyl (C=O) groups excluding carboxylic acids is 2. The molecule has 0 aliphatic rings. The Balaban J connectivity index is 2.10. The summed E-state index contributed by atoms with van der Waals surface area (Å²) in [6.07, 6.45) is -1.01. The molecule has 0 aliphatic carbocycles. The first kappa shape index (κ1) is 22.1. The Morgan fingerprint density at radius 2 is 1.38 bits per heavy atom. The van der Waals surface area contributed by atoms with Crippen LogP contribution in [0.3, 0.4) is 0 Å². The van der Waals surface area contributed by atoms with E-state index in [1.54, 1.807) is 0 Å². The van der Waals surface area contributed by atoms with E-state index in [2.05, 4.69) is 19.2 Å². The molecular formula is C22H27NO6. The Labute approximate surface area is 170 Å². The average Bonchev–Trinajstić information content (AvgIpc) is 2.72. The highest BCUT2D eigenvalue weighted by molar-refractivity contribution is 5.98. The number of benzene rings is 2. The zero-order chi connectivity index (χ0) is 21.6. The molecule has 0 heterocycles. The van der Waals surface area contributed by atoms with Crippen molar-refractivity contribution in [1.29, 1.82) is 0 Å². The van der Waals surface area contributed by atoms with Crippen LogP contribution in [0.4, 0.5) is 5.69 Å². The maximum Gasteiger partial charge on any atom is 0.342 e. The Bertz CT molecular complexity index is 860. The highest BCUT2D eigenvalue weighted by Crippen LogP contribution is 2.35. The molecule has 1 amide bonds. The van der Waals surface area contributed by atoms with E-state index < -0.39 is 18.0 Å². The molecule has 0 saturated heterocycles. The summed E-state index contributed by atoms with van der Waals surface area (Å²) in [6.45, 7) is 5.69. The molecule has 1 atom stereocenters. The maximum absolute atomic E-state index is 12.6. The fourth-order valence-electron chi connectivity index (χ4n) is 2.66. The van der Waals surface area contributed by atoms with Gasteiger partial charge in [0.05, 0.1) is 21.3 Å². The minimum absolute atomic E-state index is 0.131. The largest absolute Gasteiger partial charge is 0.496 e. The van der Waals surface area contributed by atoms with E-state index in [1.165, 1.54) is 45.9 Å². The zero-order valence-electron chi connectivity index (χ0n) is 17.6. The molecule has 29 heavy (non-hydrogen) atoms. The number of nitrogens with one attached hydrogen (secondary N) is 1. The Kier molecular flexibility index (Phi) is 7.47. The van der Waals surface area contributed by atoms with Crippen LogP contribution in [0.5, 0.6) is 17.2 Å². The van der Waals surface area contributed by atoms with E-state index in [1.807, 2.05) is 24.3 Å². The van der Waals surface area contributed by atoms with Gasteiger partial charge in [0.2, 0.25) is 0 Å². The number of hydrogen-bond donors (Lipinski definition) is 1. The molecule has 0 fully saturated rings. The zero-order valence-corrected chi connectivity index (χ0v) is 17.6. The van der Waals surface area contributed by atoms with Gasteiger partial charge in [-0.1, -0.05) is 26.0 Å². The third-order valence-electron chi connectivity index (χ3n) is 4.42. The third-order valence-corrected chi connectivity index (χ3v) is 4.42. The van der Waals surface area contributed by atoms with E-state index in [0.717, 1.165) is 0 Å². The summed E-state index contributed by atoms with van der Waals surface area (Å²) in [6, 6.07) is 10.5. The maximum atomic E-state index is 12.6. The molecule has 0 bridgehead atoms. The van der Waals surface area contributed by atoms with Crippen molar-refractivity contribution in [3.05, 3.63) is 47.5 Å². The summed E-state index contributed by atoms with van der Waals surface area (Å²) in [5, 5.41) is 2.74. The fraction of sp³-hybridized carbons (Fsp3) is 0.364. The number of ether oxygens (including phenoxy) is 4. The van der Waals surface area contributed by atoms with Crippen LogP contribution in [-0.4, -0.2) is 39.3 Å². The van der Waals surface area contributed by atoms with Gasteiger partial charge in [0.15, 0.2) is 17.6 Å². The van der Waals surface area contributed by atoms with Crippen molar-refractivity contribution in [3.8, 4) is 17.2 Å². The predicted molar refractivity (Wildman–Crippen MR) is 110 cm³/mol. The van der Waals surface area contributed by atoms with Crippen molar-refractivity contribution in [2.75, 3.05) is 26.6 Å². The van der Waals surface area contributed by atoms with Gasteiger partial charge in [0.25, 0.3) is 5.91 Å². The molecule has 2 aromatic carbocycles. The first-order valence-corrected chi connectivity index (χ1v) is 9.22. The van der Waals surface area contributed by atoms with Crippen molar-refractivity contribution in [3.63, 3.8) is 0 Å². The third kappa shape index (κ3) is 5.40. The molecule has 0 saturated carbocycles. The topological polar surface area (TPSA) is 83.1 Å². The Hall–Kier alpha value is -3.22. The number of amides is 1. The molecule has 2 aromatic rings. The molecule has 7 heteroatoms. The van der Waals surface area contributed by atoms with Gasteiger partial charge >= 0.3 is 5.97 Å². The van der Waals surface area contributed by atoms with Crippen LogP contribution in [0.25, 0.3) is 0 Å². The lowest BCUT2D eigenvalue weighted by Crippen LogP contribution is -2.30. The molecule has 7 nitrogen and oxygen atoms in total. The monoisotopic (exact) mass is 401 g/mol. The molecular weight excluding hydrogens is 374 g/mol. The van der Waals surface area contributed by atoms with Crippen molar-refractivity contribution in [2.24, 2.45) is 0 Å².